The van der Waals surface area contributed by atoms with Crippen molar-refractivity contribution in [1.29, 1.82) is 0 Å². The molecule has 1 fully saturated rings. The molecular weight excluding hydrogens is 422 g/mol. The summed E-state index contributed by atoms with van der Waals surface area (Å²) in [7, 11) is 0. The minimum absolute atomic E-state index is 0.0305. The molecule has 3 aromatic carbocycles. The van der Waals surface area contributed by atoms with E-state index in [9.17, 15) is 9.59 Å². The lowest BCUT2D eigenvalue weighted by molar-refractivity contribution is -0.160. The maximum absolute atomic E-state index is 13.7. The average Bonchev–Trinajstić information content (AvgIpc) is 3.25. The number of hydrogen-bond donors (Lipinski definition) is 1. The Morgan fingerprint density at radius 1 is 0.824 bits per heavy atom. The van der Waals surface area contributed by atoms with Crippen molar-refractivity contribution in [3.8, 4) is 0 Å². The van der Waals surface area contributed by atoms with E-state index in [0.717, 1.165) is 35.0 Å². The molecule has 1 aromatic heterocycles. The molecule has 5 nitrogen and oxygen atoms in total. The summed E-state index contributed by atoms with van der Waals surface area (Å²) in [6.45, 7) is 0.590. The van der Waals surface area contributed by atoms with Gasteiger partial charge >= 0.3 is 0 Å². The molecule has 3 heterocycles. The number of carbonyl (C=O) groups is 2. The van der Waals surface area contributed by atoms with Gasteiger partial charge in [-0.3, -0.25) is 9.59 Å². The first-order chi connectivity index (χ1) is 16.7. The zero-order valence-electron chi connectivity index (χ0n) is 19.0. The zero-order chi connectivity index (χ0) is 23.1. The fraction of sp³-hybridized carbons (Fsp3) is 0.241. The first-order valence-corrected chi connectivity index (χ1v) is 12.0. The van der Waals surface area contributed by atoms with Crippen LogP contribution in [0.5, 0.6) is 0 Å². The summed E-state index contributed by atoms with van der Waals surface area (Å²) in [5, 5.41) is 1.15. The molecule has 1 saturated heterocycles. The van der Waals surface area contributed by atoms with Gasteiger partial charge in [0, 0.05) is 29.6 Å². The number of rotatable bonds is 5. The zero-order valence-corrected chi connectivity index (χ0v) is 19.0. The highest BCUT2D eigenvalue weighted by atomic mass is 16.2. The summed E-state index contributed by atoms with van der Waals surface area (Å²) in [6, 6.07) is 27.9. The number of amides is 2. The number of benzene rings is 3. The van der Waals surface area contributed by atoms with Gasteiger partial charge in [-0.25, -0.2) is 0 Å². The van der Waals surface area contributed by atoms with E-state index < -0.39 is 6.04 Å². The SMILES string of the molecule is O=C1[C@@H]2Cc3c([nH]c4ccccc34)[C@@H](CCc3ccccc3)N2C(=O)CN1Cc1ccccc1. The van der Waals surface area contributed by atoms with Gasteiger partial charge in [0.25, 0.3) is 0 Å². The van der Waals surface area contributed by atoms with Crippen molar-refractivity contribution >= 4 is 22.7 Å². The lowest BCUT2D eigenvalue weighted by atomic mass is 9.86. The van der Waals surface area contributed by atoms with E-state index in [1.54, 1.807) is 4.90 Å². The van der Waals surface area contributed by atoms with Gasteiger partial charge in [-0.1, -0.05) is 78.9 Å². The Morgan fingerprint density at radius 2 is 1.50 bits per heavy atom. The summed E-state index contributed by atoms with van der Waals surface area (Å²) < 4.78 is 0. The van der Waals surface area contributed by atoms with Crippen LogP contribution in [0.15, 0.2) is 84.9 Å². The van der Waals surface area contributed by atoms with Gasteiger partial charge in [0.1, 0.15) is 12.6 Å². The largest absolute Gasteiger partial charge is 0.356 e. The van der Waals surface area contributed by atoms with Gasteiger partial charge in [0.05, 0.1) is 6.04 Å². The second kappa shape index (κ2) is 8.49. The number of nitrogens with zero attached hydrogens (tertiary/aromatic N) is 2. The van der Waals surface area contributed by atoms with Crippen LogP contribution in [0.1, 0.15) is 34.8 Å². The van der Waals surface area contributed by atoms with Gasteiger partial charge in [0.15, 0.2) is 0 Å². The molecule has 0 unspecified atom stereocenters. The van der Waals surface area contributed by atoms with Gasteiger partial charge in [-0.2, -0.15) is 0 Å². The van der Waals surface area contributed by atoms with E-state index in [4.69, 9.17) is 0 Å². The van der Waals surface area contributed by atoms with E-state index in [2.05, 4.69) is 29.2 Å². The number of piperazine rings is 1. The first-order valence-electron chi connectivity index (χ1n) is 12.0. The molecule has 0 aliphatic carbocycles. The summed E-state index contributed by atoms with van der Waals surface area (Å²) in [5.74, 6) is 0.0759. The van der Waals surface area contributed by atoms with Gasteiger partial charge < -0.3 is 14.8 Å². The molecule has 170 valence electrons. The molecule has 0 saturated carbocycles. The third-order valence-electron chi connectivity index (χ3n) is 7.23. The fourth-order valence-electron chi connectivity index (χ4n) is 5.63. The Hall–Kier alpha value is -3.86. The molecule has 2 amide bonds. The van der Waals surface area contributed by atoms with Crippen molar-refractivity contribution in [3.05, 3.63) is 107 Å². The number of carbonyl (C=O) groups excluding carboxylic acids is 2. The van der Waals surface area contributed by atoms with Crippen molar-refractivity contribution < 1.29 is 9.59 Å². The summed E-state index contributed by atoms with van der Waals surface area (Å²) in [4.78, 5) is 34.5. The Morgan fingerprint density at radius 3 is 2.26 bits per heavy atom. The predicted octanol–water partition coefficient (Wildman–Crippen LogP) is 4.64. The van der Waals surface area contributed by atoms with Crippen LogP contribution in [0.4, 0.5) is 0 Å². The molecule has 5 heteroatoms. The smallest absolute Gasteiger partial charge is 0.246 e. The van der Waals surface area contributed by atoms with Crippen molar-refractivity contribution in [1.82, 2.24) is 14.8 Å². The third-order valence-corrected chi connectivity index (χ3v) is 7.23. The van der Waals surface area contributed by atoms with E-state index in [-0.39, 0.29) is 24.4 Å². The van der Waals surface area contributed by atoms with E-state index in [1.165, 1.54) is 11.1 Å². The van der Waals surface area contributed by atoms with Crippen molar-refractivity contribution in [3.63, 3.8) is 0 Å². The molecule has 1 N–H and O–H groups in total. The quantitative estimate of drug-likeness (QED) is 0.483. The number of H-pyrrole nitrogens is 1. The molecule has 2 aliphatic rings. The van der Waals surface area contributed by atoms with Crippen molar-refractivity contribution in [2.75, 3.05) is 6.54 Å². The fourth-order valence-corrected chi connectivity index (χ4v) is 5.63. The number of nitrogens with one attached hydrogen (secondary N) is 1. The highest BCUT2D eigenvalue weighted by molar-refractivity contribution is 5.97. The summed E-state index contributed by atoms with van der Waals surface area (Å²) in [5.41, 5.74) is 5.62. The maximum Gasteiger partial charge on any atom is 0.246 e. The molecule has 6 rings (SSSR count). The standard InChI is InChI=1S/C29H27N3O2/c33-27-19-31(18-21-11-5-2-6-12-21)29(34)26-17-23-22-13-7-8-14-24(22)30-28(23)25(32(26)27)16-15-20-9-3-1-4-10-20/h1-14,25-26,30H,15-19H2/t25-,26+/m1/s1. The predicted molar refractivity (Wildman–Crippen MR) is 132 cm³/mol. The molecule has 2 aliphatic heterocycles. The van der Waals surface area contributed by atoms with Crippen LogP contribution in [0.2, 0.25) is 0 Å². The number of aryl methyl sites for hydroxylation is 1. The van der Waals surface area contributed by atoms with Crippen LogP contribution < -0.4 is 0 Å². The molecule has 2 atom stereocenters. The van der Waals surface area contributed by atoms with E-state index in [0.29, 0.717) is 13.0 Å². The van der Waals surface area contributed by atoms with Crippen molar-refractivity contribution in [2.45, 2.75) is 37.9 Å². The molecule has 0 radical (unpaired) electrons. The normalized spacial score (nSPS) is 19.9. The van der Waals surface area contributed by atoms with Crippen molar-refractivity contribution in [2.24, 2.45) is 0 Å². The summed E-state index contributed by atoms with van der Waals surface area (Å²) in [6.07, 6.45) is 2.17. The van der Waals surface area contributed by atoms with Gasteiger partial charge in [0.2, 0.25) is 11.8 Å². The van der Waals surface area contributed by atoms with E-state index >= 15 is 0 Å². The second-order valence-corrected chi connectivity index (χ2v) is 9.30. The number of para-hydroxylation sites is 1. The second-order valence-electron chi connectivity index (χ2n) is 9.30. The van der Waals surface area contributed by atoms with Gasteiger partial charge in [-0.05, 0) is 35.6 Å². The Labute approximate surface area is 199 Å². The Balaban J connectivity index is 1.37. The van der Waals surface area contributed by atoms with Crippen LogP contribution in [0.25, 0.3) is 10.9 Å². The molecule has 0 spiro atoms. The number of aromatic amines is 1. The first kappa shape index (κ1) is 20.7. The monoisotopic (exact) mass is 449 g/mol. The topological polar surface area (TPSA) is 56.4 Å². The minimum atomic E-state index is -0.461. The lowest BCUT2D eigenvalue weighted by Gasteiger charge is -2.47. The molecule has 0 bridgehead atoms. The van der Waals surface area contributed by atoms with Crippen LogP contribution >= 0.6 is 0 Å². The Bertz CT molecular complexity index is 1350. The lowest BCUT2D eigenvalue weighted by Crippen LogP contribution is -2.62. The van der Waals surface area contributed by atoms with Crippen LogP contribution in [0.3, 0.4) is 0 Å². The molecular formula is C29H27N3O2. The van der Waals surface area contributed by atoms with E-state index in [1.807, 2.05) is 65.6 Å². The Kier molecular flexibility index (Phi) is 5.17. The van der Waals surface area contributed by atoms with Crippen LogP contribution in [0, 0.1) is 0 Å². The number of aromatic nitrogens is 1. The molecule has 4 aromatic rings. The third kappa shape index (κ3) is 3.58. The minimum Gasteiger partial charge on any atom is -0.356 e. The number of fused-ring (bicyclic) bond motifs is 4. The van der Waals surface area contributed by atoms with Crippen LogP contribution in [-0.4, -0.2) is 39.2 Å². The maximum atomic E-state index is 13.7. The highest BCUT2D eigenvalue weighted by Gasteiger charge is 2.47. The summed E-state index contributed by atoms with van der Waals surface area (Å²) >= 11 is 0. The van der Waals surface area contributed by atoms with Crippen LogP contribution in [-0.2, 0) is 29.0 Å². The molecule has 34 heavy (non-hydrogen) atoms. The average molecular weight is 450 g/mol. The van der Waals surface area contributed by atoms with Gasteiger partial charge in [-0.15, -0.1) is 0 Å². The number of hydrogen-bond acceptors (Lipinski definition) is 2. The highest BCUT2D eigenvalue weighted by Crippen LogP contribution is 2.41.